The molecule has 0 bridgehead atoms. The lowest BCUT2D eigenvalue weighted by Gasteiger charge is -2.28. The van der Waals surface area contributed by atoms with Crippen LogP contribution in [0.2, 0.25) is 0 Å². The zero-order valence-corrected chi connectivity index (χ0v) is 12.3. The van der Waals surface area contributed by atoms with E-state index in [2.05, 4.69) is 46.0 Å². The molecule has 2 atom stereocenters. The van der Waals surface area contributed by atoms with E-state index in [4.69, 9.17) is 0 Å². The van der Waals surface area contributed by atoms with E-state index in [0.29, 0.717) is 11.3 Å². The fourth-order valence-corrected chi connectivity index (χ4v) is 2.93. The molecular formula is C13H26N2S. The van der Waals surface area contributed by atoms with Gasteiger partial charge >= 0.3 is 0 Å². The molecular weight excluding hydrogens is 216 g/mol. The molecule has 0 fully saturated rings. The molecule has 16 heavy (non-hydrogen) atoms. The summed E-state index contributed by atoms with van der Waals surface area (Å²) in [6, 6.07) is 2.76. The number of rotatable bonds is 7. The predicted molar refractivity (Wildman–Crippen MR) is 73.7 cm³/mol. The van der Waals surface area contributed by atoms with E-state index in [-0.39, 0.29) is 0 Å². The molecule has 2 unspecified atom stereocenters. The molecule has 0 aliphatic heterocycles. The van der Waals surface area contributed by atoms with Crippen LogP contribution >= 0.6 is 11.8 Å². The van der Waals surface area contributed by atoms with E-state index in [1.54, 1.807) is 0 Å². The lowest BCUT2D eigenvalue weighted by Crippen LogP contribution is -2.46. The third kappa shape index (κ3) is 7.14. The standard InChI is InChI=1S/C13H26N2S/c1-10(2)8-16-12(5)7-13(6,9-14)15-11(3)4/h10-12,15H,7-8H2,1-6H3. The largest absolute Gasteiger partial charge is 0.297 e. The van der Waals surface area contributed by atoms with Crippen LogP contribution in [-0.4, -0.2) is 22.6 Å². The summed E-state index contributed by atoms with van der Waals surface area (Å²) >= 11 is 1.96. The second kappa shape index (κ2) is 7.19. The van der Waals surface area contributed by atoms with Crippen molar-refractivity contribution in [3.05, 3.63) is 0 Å². The first-order chi connectivity index (χ1) is 7.29. The van der Waals surface area contributed by atoms with Gasteiger partial charge in [-0.3, -0.25) is 5.32 Å². The normalized spacial score (nSPS) is 17.2. The number of nitrogens with zero attached hydrogens (tertiary/aromatic N) is 1. The highest BCUT2D eigenvalue weighted by atomic mass is 32.2. The van der Waals surface area contributed by atoms with Crippen LogP contribution in [0, 0.1) is 17.2 Å². The van der Waals surface area contributed by atoms with Crippen LogP contribution in [0.15, 0.2) is 0 Å². The molecule has 0 radical (unpaired) electrons. The van der Waals surface area contributed by atoms with E-state index in [0.717, 1.165) is 12.3 Å². The van der Waals surface area contributed by atoms with Crippen molar-refractivity contribution in [2.24, 2.45) is 5.92 Å². The first-order valence-corrected chi connectivity index (χ1v) is 7.14. The Labute approximate surface area is 105 Å². The third-order valence-electron chi connectivity index (χ3n) is 2.26. The highest BCUT2D eigenvalue weighted by Gasteiger charge is 2.26. The summed E-state index contributed by atoms with van der Waals surface area (Å²) < 4.78 is 0. The molecule has 0 saturated carbocycles. The van der Waals surface area contributed by atoms with Gasteiger partial charge in [0.05, 0.1) is 6.07 Å². The molecule has 0 heterocycles. The summed E-state index contributed by atoms with van der Waals surface area (Å²) in [6.07, 6.45) is 0.902. The summed E-state index contributed by atoms with van der Waals surface area (Å²) in [4.78, 5) is 0. The Morgan fingerprint density at radius 2 is 1.81 bits per heavy atom. The van der Waals surface area contributed by atoms with Crippen LogP contribution in [0.5, 0.6) is 0 Å². The summed E-state index contributed by atoms with van der Waals surface area (Å²) in [6.45, 7) is 12.8. The van der Waals surface area contributed by atoms with Crippen molar-refractivity contribution in [2.75, 3.05) is 5.75 Å². The number of nitriles is 1. The molecule has 2 nitrogen and oxygen atoms in total. The van der Waals surface area contributed by atoms with E-state index in [1.165, 1.54) is 5.75 Å². The molecule has 0 saturated heterocycles. The Morgan fingerprint density at radius 3 is 2.19 bits per heavy atom. The SMILES string of the molecule is CC(C)CSC(C)CC(C)(C#N)NC(C)C. The Hall–Kier alpha value is -0.200. The maximum Gasteiger partial charge on any atom is 0.105 e. The fourth-order valence-electron chi connectivity index (χ4n) is 1.76. The molecule has 3 heteroatoms. The maximum absolute atomic E-state index is 9.24. The number of hydrogen-bond donors (Lipinski definition) is 1. The van der Waals surface area contributed by atoms with E-state index >= 15 is 0 Å². The summed E-state index contributed by atoms with van der Waals surface area (Å²) in [7, 11) is 0. The molecule has 94 valence electrons. The van der Waals surface area contributed by atoms with Crippen LogP contribution < -0.4 is 5.32 Å². The highest BCUT2D eigenvalue weighted by molar-refractivity contribution is 7.99. The van der Waals surface area contributed by atoms with Crippen LogP contribution in [0.4, 0.5) is 0 Å². The minimum Gasteiger partial charge on any atom is -0.297 e. The molecule has 0 aromatic heterocycles. The molecule has 0 spiro atoms. The first-order valence-electron chi connectivity index (χ1n) is 6.09. The van der Waals surface area contributed by atoms with E-state index < -0.39 is 5.54 Å². The molecule has 0 aliphatic carbocycles. The van der Waals surface area contributed by atoms with Gasteiger partial charge in [0, 0.05) is 11.3 Å². The van der Waals surface area contributed by atoms with Gasteiger partial charge in [-0.25, -0.2) is 0 Å². The molecule has 0 aromatic rings. The highest BCUT2D eigenvalue weighted by Crippen LogP contribution is 2.23. The third-order valence-corrected chi connectivity index (χ3v) is 3.86. The van der Waals surface area contributed by atoms with Crippen molar-refractivity contribution in [1.82, 2.24) is 5.32 Å². The van der Waals surface area contributed by atoms with Crippen molar-refractivity contribution in [2.45, 2.75) is 64.8 Å². The Bertz CT molecular complexity index is 233. The Kier molecular flexibility index (Phi) is 7.10. The predicted octanol–water partition coefficient (Wildman–Crippen LogP) is 3.43. The van der Waals surface area contributed by atoms with E-state index in [9.17, 15) is 5.26 Å². The number of thioether (sulfide) groups is 1. The van der Waals surface area contributed by atoms with Crippen molar-refractivity contribution in [1.29, 1.82) is 5.26 Å². The average molecular weight is 242 g/mol. The monoisotopic (exact) mass is 242 g/mol. The van der Waals surface area contributed by atoms with Crippen molar-refractivity contribution < 1.29 is 0 Å². The van der Waals surface area contributed by atoms with Crippen LogP contribution in [-0.2, 0) is 0 Å². The van der Waals surface area contributed by atoms with Gasteiger partial charge in [-0.2, -0.15) is 17.0 Å². The van der Waals surface area contributed by atoms with Gasteiger partial charge in [-0.05, 0) is 38.9 Å². The van der Waals surface area contributed by atoms with Gasteiger partial charge in [0.1, 0.15) is 5.54 Å². The van der Waals surface area contributed by atoms with Crippen molar-refractivity contribution in [3.63, 3.8) is 0 Å². The summed E-state index contributed by atoms with van der Waals surface area (Å²) in [5.74, 6) is 1.89. The van der Waals surface area contributed by atoms with Gasteiger partial charge in [0.25, 0.3) is 0 Å². The molecule has 0 aliphatic rings. The van der Waals surface area contributed by atoms with Gasteiger partial charge in [0.15, 0.2) is 0 Å². The maximum atomic E-state index is 9.24. The van der Waals surface area contributed by atoms with Crippen LogP contribution in [0.3, 0.4) is 0 Å². The molecule has 0 aromatic carbocycles. The van der Waals surface area contributed by atoms with Crippen LogP contribution in [0.1, 0.15) is 48.0 Å². The summed E-state index contributed by atoms with van der Waals surface area (Å²) in [5, 5.41) is 13.1. The Morgan fingerprint density at radius 1 is 1.25 bits per heavy atom. The molecule has 1 N–H and O–H groups in total. The second-order valence-corrected chi connectivity index (χ2v) is 6.96. The van der Waals surface area contributed by atoms with Crippen molar-refractivity contribution >= 4 is 11.8 Å². The van der Waals surface area contributed by atoms with Crippen LogP contribution in [0.25, 0.3) is 0 Å². The second-order valence-electron chi connectivity index (χ2n) is 5.48. The van der Waals surface area contributed by atoms with Gasteiger partial charge in [0.2, 0.25) is 0 Å². The van der Waals surface area contributed by atoms with Gasteiger partial charge in [-0.15, -0.1) is 0 Å². The summed E-state index contributed by atoms with van der Waals surface area (Å²) in [5.41, 5.74) is -0.391. The number of nitrogens with one attached hydrogen (secondary N) is 1. The zero-order chi connectivity index (χ0) is 12.8. The minimum absolute atomic E-state index is 0.354. The topological polar surface area (TPSA) is 35.8 Å². The zero-order valence-electron chi connectivity index (χ0n) is 11.5. The minimum atomic E-state index is -0.391. The Balaban J connectivity index is 4.16. The number of hydrogen-bond acceptors (Lipinski definition) is 3. The average Bonchev–Trinajstić information content (AvgIpc) is 2.13. The van der Waals surface area contributed by atoms with Gasteiger partial charge < -0.3 is 0 Å². The van der Waals surface area contributed by atoms with Gasteiger partial charge in [-0.1, -0.05) is 20.8 Å². The molecule has 0 amide bonds. The smallest absolute Gasteiger partial charge is 0.105 e. The quantitative estimate of drug-likeness (QED) is 0.743. The van der Waals surface area contributed by atoms with Crippen molar-refractivity contribution in [3.8, 4) is 6.07 Å². The lowest BCUT2D eigenvalue weighted by atomic mass is 9.97. The van der Waals surface area contributed by atoms with E-state index in [1.807, 2.05) is 18.7 Å². The molecule has 0 rings (SSSR count). The first kappa shape index (κ1) is 15.8. The lowest BCUT2D eigenvalue weighted by molar-refractivity contribution is 0.382. The fraction of sp³-hybridized carbons (Fsp3) is 0.923.